The van der Waals surface area contributed by atoms with Gasteiger partial charge in [-0.3, -0.25) is 4.79 Å². The molecule has 0 amide bonds. The molecule has 1 N–H and O–H groups in total. The van der Waals surface area contributed by atoms with E-state index in [9.17, 15) is 9.90 Å². The van der Waals surface area contributed by atoms with Gasteiger partial charge in [0.05, 0.1) is 19.8 Å². The lowest BCUT2D eigenvalue weighted by molar-refractivity contribution is -0.143. The van der Waals surface area contributed by atoms with Crippen molar-refractivity contribution in [2.24, 2.45) is 0 Å². The molecule has 158 valence electrons. The van der Waals surface area contributed by atoms with Crippen molar-refractivity contribution in [1.82, 2.24) is 0 Å². The van der Waals surface area contributed by atoms with E-state index in [1.54, 1.807) is 0 Å². The summed E-state index contributed by atoms with van der Waals surface area (Å²) in [5.41, 5.74) is 3.42. The summed E-state index contributed by atoms with van der Waals surface area (Å²) >= 11 is 3.43. The molecule has 0 saturated heterocycles. The maximum Gasteiger partial charge on any atom is 0.306 e. The summed E-state index contributed by atoms with van der Waals surface area (Å²) < 4.78 is 11.7. The number of aryl methyl sites for hydroxylation is 2. The van der Waals surface area contributed by atoms with Crippen LogP contribution in [-0.2, 0) is 29.0 Å². The van der Waals surface area contributed by atoms with Gasteiger partial charge in [-0.15, -0.1) is 0 Å². The molecular weight excluding hydrogens is 432 g/mol. The highest BCUT2D eigenvalue weighted by atomic mass is 79.9. The molecule has 0 aromatic heterocycles. The van der Waals surface area contributed by atoms with Crippen molar-refractivity contribution in [3.8, 4) is 5.75 Å². The number of aliphatic hydroxyl groups is 1. The lowest BCUT2D eigenvalue weighted by Crippen LogP contribution is -2.06. The number of ether oxygens (including phenoxy) is 2. The molecule has 0 fully saturated rings. The van der Waals surface area contributed by atoms with Crippen LogP contribution in [0.25, 0.3) is 0 Å². The summed E-state index contributed by atoms with van der Waals surface area (Å²) in [6, 6.07) is 14.1. The largest absolute Gasteiger partial charge is 0.494 e. The Balaban J connectivity index is 1.65. The molecule has 0 aliphatic rings. The Hall–Kier alpha value is -1.85. The Morgan fingerprint density at radius 2 is 1.72 bits per heavy atom. The maximum atomic E-state index is 11.6. The smallest absolute Gasteiger partial charge is 0.306 e. The molecule has 0 heterocycles. The zero-order valence-corrected chi connectivity index (χ0v) is 18.7. The number of hydrogen-bond acceptors (Lipinski definition) is 4. The third kappa shape index (κ3) is 9.01. The van der Waals surface area contributed by atoms with Crippen LogP contribution < -0.4 is 4.74 Å². The fourth-order valence-corrected chi connectivity index (χ4v) is 3.79. The Labute approximate surface area is 182 Å². The van der Waals surface area contributed by atoms with E-state index >= 15 is 0 Å². The predicted octanol–water partition coefficient (Wildman–Crippen LogP) is 5.62. The molecule has 0 atom stereocenters. The van der Waals surface area contributed by atoms with E-state index in [0.29, 0.717) is 19.6 Å². The lowest BCUT2D eigenvalue weighted by atomic mass is 9.98. The maximum absolute atomic E-state index is 11.6. The third-order valence-corrected chi connectivity index (χ3v) is 5.20. The highest BCUT2D eigenvalue weighted by molar-refractivity contribution is 9.10. The standard InChI is InChI=1S/C24H31BrO4/c1-2-28-24(27)13-12-21-11-7-6-10-20(21)9-5-3-4-8-14-29-23-16-19(18-26)15-22(25)17-23/h6-7,10-11,15-17,26H,2-5,8-9,12-14,18H2,1H3. The van der Waals surface area contributed by atoms with E-state index in [2.05, 4.69) is 34.1 Å². The summed E-state index contributed by atoms with van der Waals surface area (Å²) in [5, 5.41) is 9.25. The van der Waals surface area contributed by atoms with Crippen LogP contribution in [0.5, 0.6) is 5.75 Å². The zero-order chi connectivity index (χ0) is 20.9. The van der Waals surface area contributed by atoms with Crippen LogP contribution in [0.4, 0.5) is 0 Å². The molecule has 5 heteroatoms. The molecule has 2 aromatic rings. The first-order chi connectivity index (χ1) is 14.1. The molecule has 0 unspecified atom stereocenters. The van der Waals surface area contributed by atoms with Crippen molar-refractivity contribution in [3.05, 3.63) is 63.6 Å². The van der Waals surface area contributed by atoms with Crippen molar-refractivity contribution >= 4 is 21.9 Å². The molecule has 0 bridgehead atoms. The summed E-state index contributed by atoms with van der Waals surface area (Å²) in [4.78, 5) is 11.6. The molecular formula is C24H31BrO4. The highest BCUT2D eigenvalue weighted by Crippen LogP contribution is 2.22. The summed E-state index contributed by atoms with van der Waals surface area (Å²) in [5.74, 6) is 0.665. The fourth-order valence-electron chi connectivity index (χ4n) is 3.27. The third-order valence-electron chi connectivity index (χ3n) is 4.75. The first kappa shape index (κ1) is 23.4. The molecule has 0 saturated carbocycles. The first-order valence-corrected chi connectivity index (χ1v) is 11.2. The number of halogens is 1. The van der Waals surface area contributed by atoms with Crippen molar-refractivity contribution in [1.29, 1.82) is 0 Å². The van der Waals surface area contributed by atoms with Crippen LogP contribution in [-0.4, -0.2) is 24.3 Å². The van der Waals surface area contributed by atoms with Gasteiger partial charge in [-0.1, -0.05) is 53.0 Å². The number of aliphatic hydroxyl groups excluding tert-OH is 1. The molecule has 2 aromatic carbocycles. The van der Waals surface area contributed by atoms with Crippen molar-refractivity contribution in [3.63, 3.8) is 0 Å². The second kappa shape index (κ2) is 13.4. The summed E-state index contributed by atoms with van der Waals surface area (Å²) in [6.07, 6.45) is 6.61. The van der Waals surface area contributed by atoms with E-state index in [1.807, 2.05) is 31.2 Å². The van der Waals surface area contributed by atoms with Gasteiger partial charge in [0, 0.05) is 10.9 Å². The van der Waals surface area contributed by atoms with E-state index in [0.717, 1.165) is 54.3 Å². The molecule has 0 radical (unpaired) electrons. The minimum atomic E-state index is -0.126. The van der Waals surface area contributed by atoms with Gasteiger partial charge in [-0.25, -0.2) is 0 Å². The second-order valence-corrected chi connectivity index (χ2v) is 7.96. The first-order valence-electron chi connectivity index (χ1n) is 10.4. The van der Waals surface area contributed by atoms with Crippen LogP contribution in [0.2, 0.25) is 0 Å². The van der Waals surface area contributed by atoms with Gasteiger partial charge in [0.1, 0.15) is 5.75 Å². The van der Waals surface area contributed by atoms with Crippen LogP contribution in [0.3, 0.4) is 0 Å². The lowest BCUT2D eigenvalue weighted by Gasteiger charge is -2.10. The van der Waals surface area contributed by atoms with Gasteiger partial charge in [0.15, 0.2) is 0 Å². The molecule has 0 aliphatic heterocycles. The number of rotatable bonds is 13. The molecule has 2 rings (SSSR count). The Kier molecular flexibility index (Phi) is 10.8. The van der Waals surface area contributed by atoms with Gasteiger partial charge in [-0.05, 0) is 67.5 Å². The number of esters is 1. The van der Waals surface area contributed by atoms with Crippen molar-refractivity contribution < 1.29 is 19.4 Å². The van der Waals surface area contributed by atoms with E-state index < -0.39 is 0 Å². The van der Waals surface area contributed by atoms with E-state index in [-0.39, 0.29) is 12.6 Å². The Bertz CT molecular complexity index is 760. The summed E-state index contributed by atoms with van der Waals surface area (Å²) in [7, 11) is 0. The van der Waals surface area contributed by atoms with Gasteiger partial charge < -0.3 is 14.6 Å². The molecule has 0 aliphatic carbocycles. The molecule has 4 nitrogen and oxygen atoms in total. The van der Waals surface area contributed by atoms with Crippen molar-refractivity contribution in [2.45, 2.75) is 58.5 Å². The van der Waals surface area contributed by atoms with Crippen molar-refractivity contribution in [2.75, 3.05) is 13.2 Å². The Morgan fingerprint density at radius 1 is 1.00 bits per heavy atom. The van der Waals surface area contributed by atoms with Gasteiger partial charge in [0.2, 0.25) is 0 Å². The monoisotopic (exact) mass is 462 g/mol. The highest BCUT2D eigenvalue weighted by Gasteiger charge is 2.06. The molecule has 29 heavy (non-hydrogen) atoms. The Morgan fingerprint density at radius 3 is 2.45 bits per heavy atom. The SMILES string of the molecule is CCOC(=O)CCc1ccccc1CCCCCCOc1cc(Br)cc(CO)c1. The van der Waals surface area contributed by atoms with E-state index in [4.69, 9.17) is 9.47 Å². The number of carbonyl (C=O) groups is 1. The zero-order valence-electron chi connectivity index (χ0n) is 17.2. The topological polar surface area (TPSA) is 55.8 Å². The van der Waals surface area contributed by atoms with Crippen LogP contribution in [0.15, 0.2) is 46.9 Å². The van der Waals surface area contributed by atoms with Gasteiger partial charge in [0.25, 0.3) is 0 Å². The number of unbranched alkanes of at least 4 members (excludes halogenated alkanes) is 3. The quantitative estimate of drug-likeness (QED) is 0.310. The minimum absolute atomic E-state index is 0.0110. The minimum Gasteiger partial charge on any atom is -0.494 e. The molecule has 0 spiro atoms. The van der Waals surface area contributed by atoms with Crippen LogP contribution in [0.1, 0.15) is 55.7 Å². The fraction of sp³-hybridized carbons (Fsp3) is 0.458. The number of benzene rings is 2. The van der Waals surface area contributed by atoms with Gasteiger partial charge >= 0.3 is 5.97 Å². The summed E-state index contributed by atoms with van der Waals surface area (Å²) in [6.45, 7) is 2.96. The number of carbonyl (C=O) groups excluding carboxylic acids is 1. The predicted molar refractivity (Wildman–Crippen MR) is 119 cm³/mol. The second-order valence-electron chi connectivity index (χ2n) is 7.04. The number of hydrogen-bond donors (Lipinski definition) is 1. The van der Waals surface area contributed by atoms with Crippen LogP contribution >= 0.6 is 15.9 Å². The van der Waals surface area contributed by atoms with Gasteiger partial charge in [-0.2, -0.15) is 0 Å². The van der Waals surface area contributed by atoms with Crippen LogP contribution in [0, 0.1) is 0 Å². The van der Waals surface area contributed by atoms with E-state index in [1.165, 1.54) is 11.1 Å². The average molecular weight is 463 g/mol. The average Bonchev–Trinajstić information content (AvgIpc) is 2.72. The normalized spacial score (nSPS) is 10.7.